The zero-order chi connectivity index (χ0) is 15.6. The standard InChI is InChI=1S/C17H14FN3O/c18-17-16(13-20-21-22)11-15(12-19-17)10-6-2-5-9-14-7-3-1-4-8-14/h1,3-4,7-8,11-13H,2,5,9H2. The first-order valence-corrected chi connectivity index (χ1v) is 6.83. The number of nitroso groups, excluding NO2 is 1. The van der Waals surface area contributed by atoms with Gasteiger partial charge in [0.1, 0.15) is 0 Å². The third kappa shape index (κ3) is 4.91. The summed E-state index contributed by atoms with van der Waals surface area (Å²) in [6.07, 6.45) is 5.04. The van der Waals surface area contributed by atoms with Gasteiger partial charge in [0.2, 0.25) is 5.95 Å². The van der Waals surface area contributed by atoms with Gasteiger partial charge in [-0.1, -0.05) is 42.2 Å². The molecule has 0 N–H and O–H groups in total. The maximum absolute atomic E-state index is 13.3. The van der Waals surface area contributed by atoms with E-state index >= 15 is 0 Å². The third-order valence-corrected chi connectivity index (χ3v) is 2.95. The molecule has 1 aromatic carbocycles. The average molecular weight is 295 g/mol. The molecule has 0 saturated carbocycles. The molecule has 2 aromatic rings. The third-order valence-electron chi connectivity index (χ3n) is 2.95. The Kier molecular flexibility index (Phi) is 5.94. The second-order valence-corrected chi connectivity index (χ2v) is 4.57. The van der Waals surface area contributed by atoms with Gasteiger partial charge in [-0.05, 0) is 24.5 Å². The largest absolute Gasteiger partial charge is 0.226 e. The molecule has 110 valence electrons. The van der Waals surface area contributed by atoms with E-state index in [1.807, 2.05) is 18.2 Å². The Hall–Kier alpha value is -2.87. The fourth-order valence-electron chi connectivity index (χ4n) is 1.90. The first-order chi connectivity index (χ1) is 10.8. The molecule has 0 aliphatic carbocycles. The molecule has 0 amide bonds. The van der Waals surface area contributed by atoms with Crippen molar-refractivity contribution >= 4 is 6.21 Å². The van der Waals surface area contributed by atoms with Crippen LogP contribution in [0.2, 0.25) is 0 Å². The van der Waals surface area contributed by atoms with E-state index in [-0.39, 0.29) is 5.56 Å². The van der Waals surface area contributed by atoms with Crippen molar-refractivity contribution in [2.75, 3.05) is 0 Å². The Labute approximate surface area is 128 Å². The maximum atomic E-state index is 13.3. The molecule has 0 aliphatic heterocycles. The van der Waals surface area contributed by atoms with Gasteiger partial charge < -0.3 is 0 Å². The molecule has 0 saturated heterocycles. The predicted octanol–water partition coefficient (Wildman–Crippen LogP) is 3.70. The lowest BCUT2D eigenvalue weighted by molar-refractivity contribution is 0.581. The van der Waals surface area contributed by atoms with Gasteiger partial charge in [0.15, 0.2) is 0 Å². The van der Waals surface area contributed by atoms with Gasteiger partial charge in [0.25, 0.3) is 0 Å². The Morgan fingerprint density at radius 2 is 2.09 bits per heavy atom. The second-order valence-electron chi connectivity index (χ2n) is 4.57. The number of nitrogens with zero attached hydrogens (tertiary/aromatic N) is 3. The Morgan fingerprint density at radius 3 is 2.86 bits per heavy atom. The summed E-state index contributed by atoms with van der Waals surface area (Å²) in [6, 6.07) is 11.7. The minimum absolute atomic E-state index is 0.0932. The van der Waals surface area contributed by atoms with E-state index in [1.54, 1.807) is 0 Å². The van der Waals surface area contributed by atoms with Gasteiger partial charge in [-0.3, -0.25) is 0 Å². The van der Waals surface area contributed by atoms with Crippen molar-refractivity contribution in [3.8, 4) is 11.8 Å². The fraction of sp³-hybridized carbons (Fsp3) is 0.176. The molecule has 5 heteroatoms. The molecule has 0 aliphatic rings. The molecule has 0 radical (unpaired) electrons. The smallest absolute Gasteiger partial charge is 0.221 e. The highest BCUT2D eigenvalue weighted by Crippen LogP contribution is 2.06. The number of hydrogen-bond donors (Lipinski definition) is 0. The van der Waals surface area contributed by atoms with E-state index in [2.05, 4.69) is 39.3 Å². The Morgan fingerprint density at radius 1 is 1.27 bits per heavy atom. The monoisotopic (exact) mass is 295 g/mol. The molecule has 0 atom stereocenters. The summed E-state index contributed by atoms with van der Waals surface area (Å²) >= 11 is 0. The Bertz CT molecular complexity index is 718. The van der Waals surface area contributed by atoms with E-state index in [0.717, 1.165) is 25.5 Å². The molecule has 2 rings (SSSR count). The summed E-state index contributed by atoms with van der Waals surface area (Å²) in [5.41, 5.74) is 1.96. The minimum Gasteiger partial charge on any atom is -0.226 e. The lowest BCUT2D eigenvalue weighted by atomic mass is 10.1. The molecule has 1 aromatic heterocycles. The molecule has 22 heavy (non-hydrogen) atoms. The molecule has 0 spiro atoms. The number of benzene rings is 1. The van der Waals surface area contributed by atoms with Crippen LogP contribution in [0.1, 0.15) is 29.5 Å². The highest BCUT2D eigenvalue weighted by Gasteiger charge is 2.01. The van der Waals surface area contributed by atoms with Crippen LogP contribution in [-0.4, -0.2) is 11.2 Å². The molecule has 0 unspecified atom stereocenters. The van der Waals surface area contributed by atoms with E-state index in [0.29, 0.717) is 5.56 Å². The van der Waals surface area contributed by atoms with Crippen molar-refractivity contribution in [3.63, 3.8) is 0 Å². The van der Waals surface area contributed by atoms with Gasteiger partial charge in [-0.25, -0.2) is 4.98 Å². The fourth-order valence-corrected chi connectivity index (χ4v) is 1.90. The van der Waals surface area contributed by atoms with Crippen LogP contribution in [0.15, 0.2) is 53.0 Å². The van der Waals surface area contributed by atoms with E-state index in [4.69, 9.17) is 0 Å². The van der Waals surface area contributed by atoms with Crippen molar-refractivity contribution in [1.82, 2.24) is 4.98 Å². The summed E-state index contributed by atoms with van der Waals surface area (Å²) in [5, 5.41) is 5.41. The molecule has 1 heterocycles. The number of aryl methyl sites for hydroxylation is 1. The number of halogens is 1. The second kappa shape index (κ2) is 8.42. The van der Waals surface area contributed by atoms with Crippen LogP contribution in [0.4, 0.5) is 4.39 Å². The summed E-state index contributed by atoms with van der Waals surface area (Å²) < 4.78 is 13.3. The molecular formula is C17H14FN3O. The van der Waals surface area contributed by atoms with Crippen molar-refractivity contribution in [3.05, 3.63) is 70.1 Å². The van der Waals surface area contributed by atoms with Gasteiger partial charge in [0, 0.05) is 18.2 Å². The van der Waals surface area contributed by atoms with Gasteiger partial charge in [-0.15, -0.1) is 10.0 Å². The van der Waals surface area contributed by atoms with Crippen molar-refractivity contribution in [1.29, 1.82) is 0 Å². The maximum Gasteiger partial charge on any atom is 0.221 e. The molecule has 4 nitrogen and oxygen atoms in total. The number of unbranched alkanes of at least 4 members (excludes halogenated alkanes) is 1. The minimum atomic E-state index is -0.706. The predicted molar refractivity (Wildman–Crippen MR) is 83.8 cm³/mol. The number of hydrogen-bond acceptors (Lipinski definition) is 3. The highest BCUT2D eigenvalue weighted by atomic mass is 19.1. The van der Waals surface area contributed by atoms with E-state index < -0.39 is 5.95 Å². The van der Waals surface area contributed by atoms with E-state index in [9.17, 15) is 9.30 Å². The lowest BCUT2D eigenvalue weighted by Gasteiger charge is -1.97. The number of aromatic nitrogens is 1. The molecule has 0 bridgehead atoms. The van der Waals surface area contributed by atoms with Crippen LogP contribution < -0.4 is 0 Å². The quantitative estimate of drug-likeness (QED) is 0.211. The SMILES string of the molecule is O=NN=Cc1cc(C#CCCCc2ccccc2)cnc1F. The van der Waals surface area contributed by atoms with Gasteiger partial charge in [0.05, 0.1) is 17.1 Å². The first-order valence-electron chi connectivity index (χ1n) is 6.83. The zero-order valence-corrected chi connectivity index (χ0v) is 11.9. The number of pyridine rings is 1. The van der Waals surface area contributed by atoms with Gasteiger partial charge in [-0.2, -0.15) is 4.39 Å². The molecular weight excluding hydrogens is 281 g/mol. The van der Waals surface area contributed by atoms with Crippen molar-refractivity contribution in [2.24, 2.45) is 10.4 Å². The number of rotatable bonds is 5. The van der Waals surface area contributed by atoms with Crippen LogP contribution in [0.25, 0.3) is 0 Å². The van der Waals surface area contributed by atoms with Crippen LogP contribution in [0.3, 0.4) is 0 Å². The molecule has 0 fully saturated rings. The summed E-state index contributed by atoms with van der Waals surface area (Å²) in [4.78, 5) is 13.5. The van der Waals surface area contributed by atoms with E-state index in [1.165, 1.54) is 17.8 Å². The highest BCUT2D eigenvalue weighted by molar-refractivity contribution is 5.79. The summed E-state index contributed by atoms with van der Waals surface area (Å²) in [5.74, 6) is 5.25. The van der Waals surface area contributed by atoms with Crippen LogP contribution in [0, 0.1) is 22.7 Å². The topological polar surface area (TPSA) is 54.7 Å². The van der Waals surface area contributed by atoms with Gasteiger partial charge >= 0.3 is 0 Å². The summed E-state index contributed by atoms with van der Waals surface area (Å²) in [6.45, 7) is 0. The Balaban J connectivity index is 1.91. The first kappa shape index (κ1) is 15.5. The van der Waals surface area contributed by atoms with Crippen molar-refractivity contribution in [2.45, 2.75) is 19.3 Å². The normalized spacial score (nSPS) is 10.2. The average Bonchev–Trinajstić information content (AvgIpc) is 2.55. The lowest BCUT2D eigenvalue weighted by Crippen LogP contribution is -1.93. The van der Waals surface area contributed by atoms with Crippen LogP contribution in [-0.2, 0) is 6.42 Å². The zero-order valence-electron chi connectivity index (χ0n) is 11.9. The van der Waals surface area contributed by atoms with Crippen molar-refractivity contribution < 1.29 is 4.39 Å². The van der Waals surface area contributed by atoms with Crippen LogP contribution in [0.5, 0.6) is 0 Å². The van der Waals surface area contributed by atoms with Crippen LogP contribution >= 0.6 is 0 Å². The summed E-state index contributed by atoms with van der Waals surface area (Å²) in [7, 11) is 0.